The maximum Gasteiger partial charge on any atom is 0.410 e. The van der Waals surface area contributed by atoms with Crippen LogP contribution in [0.3, 0.4) is 0 Å². The summed E-state index contributed by atoms with van der Waals surface area (Å²) in [6.07, 6.45) is 0.817. The molecular weight excluding hydrogens is 371 g/mol. The Bertz CT molecular complexity index is 715. The van der Waals surface area contributed by atoms with Crippen molar-refractivity contribution in [1.82, 2.24) is 9.88 Å². The third-order valence-electron chi connectivity index (χ3n) is 3.99. The topological polar surface area (TPSA) is 87.2 Å². The molecule has 1 aromatic rings. The highest BCUT2D eigenvalue weighted by Crippen LogP contribution is 2.26. The van der Waals surface area contributed by atoms with E-state index in [0.717, 1.165) is 0 Å². The molecule has 1 fully saturated rings. The zero-order valence-electron chi connectivity index (χ0n) is 16.9. The van der Waals surface area contributed by atoms with Crippen molar-refractivity contribution in [3.05, 3.63) is 29.1 Å². The average molecular weight is 398 g/mol. The number of aromatic nitrogens is 1. The molecule has 1 aromatic heterocycles. The monoisotopic (exact) mass is 398 g/mol. The summed E-state index contributed by atoms with van der Waals surface area (Å²) in [6.45, 7) is 5.14. The molecule has 0 saturated carbocycles. The number of rotatable bonds is 7. The Balaban J connectivity index is 2.28. The van der Waals surface area contributed by atoms with E-state index < -0.39 is 23.3 Å². The molecule has 0 atom stereocenters. The highest BCUT2D eigenvalue weighted by molar-refractivity contribution is 5.87. The fourth-order valence-corrected chi connectivity index (χ4v) is 2.65. The second-order valence-electron chi connectivity index (χ2n) is 7.74. The van der Waals surface area contributed by atoms with Gasteiger partial charge in [0.2, 0.25) is 0 Å². The van der Waals surface area contributed by atoms with Crippen molar-refractivity contribution in [2.24, 2.45) is 0 Å². The second kappa shape index (κ2) is 8.83. The molecule has 28 heavy (non-hydrogen) atoms. The molecule has 0 aromatic carbocycles. The van der Waals surface area contributed by atoms with Crippen molar-refractivity contribution in [3.63, 3.8) is 0 Å². The van der Waals surface area contributed by atoms with Gasteiger partial charge in [0.1, 0.15) is 11.3 Å². The molecule has 0 spiro atoms. The van der Waals surface area contributed by atoms with E-state index in [0.29, 0.717) is 11.1 Å². The summed E-state index contributed by atoms with van der Waals surface area (Å²) in [5.74, 6) is -0.581. The molecule has 1 saturated heterocycles. The van der Waals surface area contributed by atoms with E-state index in [1.165, 1.54) is 31.4 Å². The van der Waals surface area contributed by atoms with Gasteiger partial charge in [-0.15, -0.1) is 0 Å². The fraction of sp³-hybridized carbons (Fsp3) is 0.632. The minimum atomic E-state index is -1.61. The van der Waals surface area contributed by atoms with Crippen LogP contribution in [0.5, 0.6) is 0 Å². The Morgan fingerprint density at radius 3 is 2.46 bits per heavy atom. The molecule has 2 rings (SSSR count). The summed E-state index contributed by atoms with van der Waals surface area (Å²) in [6, 6.07) is 1.54. The Morgan fingerprint density at radius 1 is 1.29 bits per heavy atom. The number of pyridine rings is 1. The van der Waals surface area contributed by atoms with Crippen molar-refractivity contribution in [2.75, 3.05) is 34.0 Å². The second-order valence-corrected chi connectivity index (χ2v) is 7.74. The summed E-state index contributed by atoms with van der Waals surface area (Å²) in [4.78, 5) is 29.7. The van der Waals surface area contributed by atoms with Gasteiger partial charge in [-0.3, -0.25) is 0 Å². The number of methoxy groups -OCH3 is 2. The van der Waals surface area contributed by atoms with Crippen LogP contribution in [0.1, 0.15) is 42.4 Å². The Labute approximate surface area is 163 Å². The van der Waals surface area contributed by atoms with Gasteiger partial charge < -0.3 is 23.8 Å². The third kappa shape index (κ3) is 5.87. The van der Waals surface area contributed by atoms with E-state index in [2.05, 4.69) is 9.72 Å². The SMILES string of the molecule is COCc1cc(C(=O)OC)ncc1CN(CC1(F)COC1)C(=O)OC(C)(C)C. The van der Waals surface area contributed by atoms with E-state index in [1.54, 1.807) is 20.8 Å². The minimum absolute atomic E-state index is 0.0493. The summed E-state index contributed by atoms with van der Waals surface area (Å²) in [5.41, 5.74) is -0.959. The van der Waals surface area contributed by atoms with Gasteiger partial charge in [0.05, 0.1) is 40.0 Å². The number of carbonyl (C=O) groups is 2. The van der Waals surface area contributed by atoms with Crippen LogP contribution in [0.4, 0.5) is 9.18 Å². The highest BCUT2D eigenvalue weighted by atomic mass is 19.1. The van der Waals surface area contributed by atoms with Crippen LogP contribution in [-0.4, -0.2) is 67.2 Å². The van der Waals surface area contributed by atoms with Crippen molar-refractivity contribution >= 4 is 12.1 Å². The van der Waals surface area contributed by atoms with Crippen molar-refractivity contribution in [1.29, 1.82) is 0 Å². The van der Waals surface area contributed by atoms with Crippen LogP contribution >= 0.6 is 0 Å². The zero-order valence-corrected chi connectivity index (χ0v) is 16.9. The van der Waals surface area contributed by atoms with E-state index >= 15 is 0 Å². The molecule has 1 aliphatic rings. The van der Waals surface area contributed by atoms with Crippen LogP contribution in [0, 0.1) is 0 Å². The molecule has 1 amide bonds. The van der Waals surface area contributed by atoms with Crippen molar-refractivity contribution < 1.29 is 32.9 Å². The predicted molar refractivity (Wildman–Crippen MR) is 97.6 cm³/mol. The minimum Gasteiger partial charge on any atom is -0.464 e. The summed E-state index contributed by atoms with van der Waals surface area (Å²) >= 11 is 0. The van der Waals surface area contributed by atoms with Gasteiger partial charge in [-0.05, 0) is 38.0 Å². The lowest BCUT2D eigenvalue weighted by Crippen LogP contribution is -2.55. The lowest BCUT2D eigenvalue weighted by Gasteiger charge is -2.38. The molecule has 0 radical (unpaired) electrons. The van der Waals surface area contributed by atoms with Crippen LogP contribution in [0.2, 0.25) is 0 Å². The zero-order chi connectivity index (χ0) is 20.9. The first kappa shape index (κ1) is 22.0. The first-order valence-corrected chi connectivity index (χ1v) is 8.86. The number of halogens is 1. The lowest BCUT2D eigenvalue weighted by molar-refractivity contribution is -0.140. The Morgan fingerprint density at radius 2 is 1.96 bits per heavy atom. The van der Waals surface area contributed by atoms with Gasteiger partial charge in [-0.2, -0.15) is 0 Å². The smallest absolute Gasteiger partial charge is 0.410 e. The molecule has 8 nitrogen and oxygen atoms in total. The quantitative estimate of drug-likeness (QED) is 0.652. The van der Waals surface area contributed by atoms with Gasteiger partial charge in [0.15, 0.2) is 5.67 Å². The first-order chi connectivity index (χ1) is 13.1. The van der Waals surface area contributed by atoms with Gasteiger partial charge in [-0.1, -0.05) is 0 Å². The first-order valence-electron chi connectivity index (χ1n) is 8.86. The van der Waals surface area contributed by atoms with E-state index in [-0.39, 0.29) is 38.6 Å². The van der Waals surface area contributed by atoms with Gasteiger partial charge in [-0.25, -0.2) is 19.0 Å². The number of esters is 1. The van der Waals surface area contributed by atoms with Crippen LogP contribution < -0.4 is 0 Å². The predicted octanol–water partition coefficient (Wildman–Crippen LogP) is 2.49. The van der Waals surface area contributed by atoms with Gasteiger partial charge in [0.25, 0.3) is 0 Å². The van der Waals surface area contributed by atoms with E-state index in [1.807, 2.05) is 0 Å². The molecule has 0 N–H and O–H groups in total. The number of hydrogen-bond donors (Lipinski definition) is 0. The summed E-state index contributed by atoms with van der Waals surface area (Å²) < 4.78 is 34.9. The molecule has 0 bridgehead atoms. The average Bonchev–Trinajstić information content (AvgIpc) is 2.59. The number of amides is 1. The maximum atomic E-state index is 14.6. The Hall–Kier alpha value is -2.26. The highest BCUT2D eigenvalue weighted by Gasteiger charge is 2.42. The number of alkyl halides is 1. The standard InChI is InChI=1S/C19H27FN2O6/c1-18(2,3)28-17(24)22(10-19(20)11-27-12-19)8-14-7-21-15(16(23)26-5)6-13(14)9-25-4/h6-7H,8-12H2,1-5H3. The fourth-order valence-electron chi connectivity index (χ4n) is 2.65. The molecule has 0 unspecified atom stereocenters. The van der Waals surface area contributed by atoms with Gasteiger partial charge >= 0.3 is 12.1 Å². The third-order valence-corrected chi connectivity index (χ3v) is 3.99. The molecule has 1 aliphatic heterocycles. The molecule has 9 heteroatoms. The summed E-state index contributed by atoms with van der Waals surface area (Å²) in [7, 11) is 2.77. The lowest BCUT2D eigenvalue weighted by atomic mass is 10.0. The van der Waals surface area contributed by atoms with Crippen LogP contribution in [0.15, 0.2) is 12.3 Å². The van der Waals surface area contributed by atoms with Gasteiger partial charge in [0, 0.05) is 13.3 Å². The largest absolute Gasteiger partial charge is 0.464 e. The van der Waals surface area contributed by atoms with E-state index in [4.69, 9.17) is 14.2 Å². The normalized spacial score (nSPS) is 15.5. The van der Waals surface area contributed by atoms with Crippen molar-refractivity contribution in [2.45, 2.75) is 45.2 Å². The van der Waals surface area contributed by atoms with Crippen LogP contribution in [-0.2, 0) is 32.1 Å². The summed E-state index contributed by atoms with van der Waals surface area (Å²) in [5, 5.41) is 0. The Kier molecular flexibility index (Phi) is 6.95. The number of nitrogens with zero attached hydrogens (tertiary/aromatic N) is 2. The molecular formula is C19H27FN2O6. The number of ether oxygens (including phenoxy) is 4. The maximum absolute atomic E-state index is 14.6. The van der Waals surface area contributed by atoms with Crippen molar-refractivity contribution in [3.8, 4) is 0 Å². The number of hydrogen-bond acceptors (Lipinski definition) is 7. The molecule has 0 aliphatic carbocycles. The van der Waals surface area contributed by atoms with E-state index in [9.17, 15) is 14.0 Å². The van der Waals surface area contributed by atoms with Crippen LogP contribution in [0.25, 0.3) is 0 Å². The number of carbonyl (C=O) groups excluding carboxylic acids is 2. The molecule has 156 valence electrons. The molecule has 2 heterocycles.